The largest absolute Gasteiger partial charge is 0.497 e. The second-order valence-electron chi connectivity index (χ2n) is 7.07. The number of nitrogens with zero attached hydrogens (tertiary/aromatic N) is 1. The smallest absolute Gasteiger partial charge is 0.257 e. The molecule has 0 saturated heterocycles. The van der Waals surface area contributed by atoms with E-state index in [2.05, 4.69) is 20.6 Å². The molecule has 0 saturated carbocycles. The number of anilines is 2. The number of hydrogen-bond donors (Lipinski definition) is 3. The summed E-state index contributed by atoms with van der Waals surface area (Å²) in [6.07, 6.45) is -0.165. The van der Waals surface area contributed by atoms with Crippen molar-refractivity contribution < 1.29 is 18.7 Å². The fourth-order valence-electron chi connectivity index (χ4n) is 3.28. The molecule has 1 aliphatic heterocycles. The first-order valence-corrected chi connectivity index (χ1v) is 10.7. The van der Waals surface area contributed by atoms with Crippen LogP contribution in [0.15, 0.2) is 58.5 Å². The molecule has 0 unspecified atom stereocenters. The molecule has 2 heterocycles. The molecule has 0 spiro atoms. The number of fused-ring (bicyclic) bond motifs is 1. The van der Waals surface area contributed by atoms with Gasteiger partial charge in [0.05, 0.1) is 18.6 Å². The van der Waals surface area contributed by atoms with Crippen LogP contribution in [0, 0.1) is 5.82 Å². The SMILES string of the molecule is COc1ccc(NC(=O)[C@@H]2CC(=O)Nc3nc(SCc4ccc(F)cc4)[nH]c(=O)c32)cc1. The van der Waals surface area contributed by atoms with E-state index in [-0.39, 0.29) is 28.8 Å². The van der Waals surface area contributed by atoms with E-state index in [0.717, 1.165) is 5.56 Å². The predicted molar refractivity (Wildman–Crippen MR) is 118 cm³/mol. The Labute approximate surface area is 186 Å². The molecule has 2 aromatic carbocycles. The number of aromatic nitrogens is 2. The molecule has 4 rings (SSSR count). The van der Waals surface area contributed by atoms with Gasteiger partial charge in [0.2, 0.25) is 11.8 Å². The van der Waals surface area contributed by atoms with Crippen molar-refractivity contribution in [3.05, 3.63) is 75.8 Å². The number of thioether (sulfide) groups is 1. The van der Waals surface area contributed by atoms with E-state index in [4.69, 9.17) is 4.74 Å². The summed E-state index contributed by atoms with van der Waals surface area (Å²) < 4.78 is 18.1. The van der Waals surface area contributed by atoms with Crippen molar-refractivity contribution in [2.75, 3.05) is 17.7 Å². The molecule has 1 aromatic heterocycles. The normalized spacial score (nSPS) is 14.9. The van der Waals surface area contributed by atoms with E-state index in [1.165, 1.54) is 31.0 Å². The zero-order valence-electron chi connectivity index (χ0n) is 17.0. The van der Waals surface area contributed by atoms with Gasteiger partial charge in [-0.1, -0.05) is 23.9 Å². The third kappa shape index (κ3) is 4.80. The Morgan fingerprint density at radius 1 is 1.19 bits per heavy atom. The Morgan fingerprint density at radius 2 is 1.91 bits per heavy atom. The number of rotatable bonds is 6. The van der Waals surface area contributed by atoms with Gasteiger partial charge in [0, 0.05) is 17.9 Å². The highest BCUT2D eigenvalue weighted by atomic mass is 32.2. The topological polar surface area (TPSA) is 113 Å². The molecular formula is C22H19FN4O4S. The maximum absolute atomic E-state index is 13.1. The van der Waals surface area contributed by atoms with Crippen molar-refractivity contribution in [2.45, 2.75) is 23.2 Å². The average Bonchev–Trinajstić information content (AvgIpc) is 2.78. The van der Waals surface area contributed by atoms with Gasteiger partial charge in [0.15, 0.2) is 5.16 Å². The summed E-state index contributed by atoms with van der Waals surface area (Å²) in [5.74, 6) is -1.05. The van der Waals surface area contributed by atoms with Crippen molar-refractivity contribution in [1.29, 1.82) is 0 Å². The van der Waals surface area contributed by atoms with Crippen LogP contribution in [0.3, 0.4) is 0 Å². The Morgan fingerprint density at radius 3 is 2.59 bits per heavy atom. The van der Waals surface area contributed by atoms with Crippen LogP contribution in [0.1, 0.15) is 23.5 Å². The highest BCUT2D eigenvalue weighted by Gasteiger charge is 2.34. The first-order valence-electron chi connectivity index (χ1n) is 9.69. The maximum Gasteiger partial charge on any atom is 0.257 e. The molecule has 1 aliphatic rings. The van der Waals surface area contributed by atoms with Crippen LogP contribution in [0.2, 0.25) is 0 Å². The molecule has 3 N–H and O–H groups in total. The third-order valence-corrected chi connectivity index (χ3v) is 5.84. The minimum Gasteiger partial charge on any atom is -0.497 e. The number of ether oxygens (including phenoxy) is 1. The van der Waals surface area contributed by atoms with Crippen LogP contribution in [-0.2, 0) is 15.3 Å². The summed E-state index contributed by atoms with van der Waals surface area (Å²) in [5, 5.41) is 5.59. The third-order valence-electron chi connectivity index (χ3n) is 4.89. The van der Waals surface area contributed by atoms with Gasteiger partial charge in [0.25, 0.3) is 5.56 Å². The number of amides is 2. The molecule has 1 atom stereocenters. The van der Waals surface area contributed by atoms with Gasteiger partial charge < -0.3 is 20.4 Å². The van der Waals surface area contributed by atoms with Crippen molar-refractivity contribution in [3.8, 4) is 5.75 Å². The van der Waals surface area contributed by atoms with Crippen LogP contribution >= 0.6 is 11.8 Å². The Bertz CT molecular complexity index is 1210. The molecule has 0 radical (unpaired) electrons. The summed E-state index contributed by atoms with van der Waals surface area (Å²) in [6.45, 7) is 0. The second-order valence-corrected chi connectivity index (χ2v) is 8.04. The van der Waals surface area contributed by atoms with Crippen molar-refractivity contribution in [1.82, 2.24) is 9.97 Å². The number of benzene rings is 2. The average molecular weight is 454 g/mol. The zero-order chi connectivity index (χ0) is 22.7. The number of H-pyrrole nitrogens is 1. The molecule has 0 bridgehead atoms. The molecule has 32 heavy (non-hydrogen) atoms. The van der Waals surface area contributed by atoms with Gasteiger partial charge >= 0.3 is 0 Å². The van der Waals surface area contributed by atoms with E-state index in [9.17, 15) is 18.8 Å². The summed E-state index contributed by atoms with van der Waals surface area (Å²) in [6, 6.07) is 12.7. The Balaban J connectivity index is 1.54. The first kappa shape index (κ1) is 21.6. The zero-order valence-corrected chi connectivity index (χ0v) is 17.8. The number of halogens is 1. The van der Waals surface area contributed by atoms with Crippen LogP contribution in [0.25, 0.3) is 0 Å². The van der Waals surface area contributed by atoms with Gasteiger partial charge in [-0.05, 0) is 42.0 Å². The fraction of sp³-hybridized carbons (Fsp3) is 0.182. The molecule has 10 heteroatoms. The predicted octanol–water partition coefficient (Wildman–Crippen LogP) is 3.27. The maximum atomic E-state index is 13.1. The second kappa shape index (κ2) is 9.23. The Kier molecular flexibility index (Phi) is 6.22. The minimum absolute atomic E-state index is 0.0708. The van der Waals surface area contributed by atoms with Crippen molar-refractivity contribution in [3.63, 3.8) is 0 Å². The van der Waals surface area contributed by atoms with Gasteiger partial charge in [-0.15, -0.1) is 0 Å². The Hall–Kier alpha value is -3.66. The quantitative estimate of drug-likeness (QED) is 0.389. The number of aromatic amines is 1. The molecule has 2 amide bonds. The number of carbonyl (C=O) groups is 2. The highest BCUT2D eigenvalue weighted by Crippen LogP contribution is 2.31. The van der Waals surface area contributed by atoms with Crippen LogP contribution in [0.5, 0.6) is 5.75 Å². The summed E-state index contributed by atoms with van der Waals surface area (Å²) >= 11 is 1.23. The number of methoxy groups -OCH3 is 1. The van der Waals surface area contributed by atoms with Gasteiger partial charge in [0.1, 0.15) is 17.4 Å². The van der Waals surface area contributed by atoms with Crippen molar-refractivity contribution in [2.24, 2.45) is 0 Å². The molecule has 0 fully saturated rings. The van der Waals surface area contributed by atoms with Gasteiger partial charge in [-0.2, -0.15) is 0 Å². The number of carbonyl (C=O) groups excluding carboxylic acids is 2. The lowest BCUT2D eigenvalue weighted by Crippen LogP contribution is -2.36. The number of hydrogen-bond acceptors (Lipinski definition) is 6. The first-order chi connectivity index (χ1) is 15.4. The van der Waals surface area contributed by atoms with Crippen LogP contribution in [0.4, 0.5) is 15.9 Å². The standard InChI is InChI=1S/C22H19FN4O4S/c1-31-15-8-6-14(7-9-15)24-20(29)16-10-17(28)25-19-18(16)21(30)27-22(26-19)32-11-12-2-4-13(23)5-3-12/h2-9,16H,10-11H2,1H3,(H,24,29)(H2,25,26,27,28,30)/t16-/m1/s1. The number of nitrogens with one attached hydrogen (secondary N) is 3. The van der Waals surface area contributed by atoms with Crippen LogP contribution in [-0.4, -0.2) is 28.9 Å². The molecule has 3 aromatic rings. The minimum atomic E-state index is -0.978. The van der Waals surface area contributed by atoms with Crippen LogP contribution < -0.4 is 20.9 Å². The summed E-state index contributed by atoms with van der Waals surface area (Å²) in [7, 11) is 1.54. The summed E-state index contributed by atoms with van der Waals surface area (Å²) in [4.78, 5) is 44.9. The lowest BCUT2D eigenvalue weighted by molar-refractivity contribution is -0.123. The summed E-state index contributed by atoms with van der Waals surface area (Å²) in [5.41, 5.74) is 0.977. The van der Waals surface area contributed by atoms with Gasteiger partial charge in [-0.3, -0.25) is 14.4 Å². The molecule has 8 nitrogen and oxygen atoms in total. The van der Waals surface area contributed by atoms with Crippen molar-refractivity contribution >= 4 is 35.1 Å². The lowest BCUT2D eigenvalue weighted by atomic mass is 9.92. The van der Waals surface area contributed by atoms with E-state index in [0.29, 0.717) is 17.2 Å². The molecule has 164 valence electrons. The fourth-order valence-corrected chi connectivity index (χ4v) is 4.10. The molecular weight excluding hydrogens is 435 g/mol. The highest BCUT2D eigenvalue weighted by molar-refractivity contribution is 7.98. The van der Waals surface area contributed by atoms with E-state index in [1.54, 1.807) is 36.4 Å². The van der Waals surface area contributed by atoms with E-state index in [1.807, 2.05) is 0 Å². The van der Waals surface area contributed by atoms with E-state index < -0.39 is 23.3 Å². The van der Waals surface area contributed by atoms with E-state index >= 15 is 0 Å². The lowest BCUT2D eigenvalue weighted by Gasteiger charge is -2.23. The molecule has 0 aliphatic carbocycles. The van der Waals surface area contributed by atoms with Gasteiger partial charge in [-0.25, -0.2) is 9.37 Å². The monoisotopic (exact) mass is 454 g/mol.